The van der Waals surface area contributed by atoms with Crippen LogP contribution in [0.2, 0.25) is 5.02 Å². The molecule has 1 aromatic heterocycles. The average molecular weight is 445 g/mol. The van der Waals surface area contributed by atoms with Gasteiger partial charge in [-0.2, -0.15) is 0 Å². The van der Waals surface area contributed by atoms with Crippen LogP contribution in [0.15, 0.2) is 42.5 Å². The summed E-state index contributed by atoms with van der Waals surface area (Å²) < 4.78 is 6.93. The Kier molecular flexibility index (Phi) is 5.86. The first-order chi connectivity index (χ1) is 14.3. The van der Waals surface area contributed by atoms with Crippen LogP contribution in [0.25, 0.3) is 10.2 Å². The highest BCUT2D eigenvalue weighted by molar-refractivity contribution is 7.22. The van der Waals surface area contributed by atoms with Gasteiger partial charge in [-0.25, -0.2) is 4.98 Å². The van der Waals surface area contributed by atoms with Gasteiger partial charge in [-0.15, -0.1) is 0 Å². The molecule has 0 aliphatic carbocycles. The van der Waals surface area contributed by atoms with Crippen molar-refractivity contribution in [2.24, 2.45) is 0 Å². The number of halogens is 1. The smallest absolute Gasteiger partial charge is 0.267 e. The second kappa shape index (κ2) is 8.41. The van der Waals surface area contributed by atoms with E-state index < -0.39 is 5.60 Å². The van der Waals surface area contributed by atoms with Crippen LogP contribution in [0, 0.1) is 0 Å². The molecular formula is C22H25ClN4O2S. The molecule has 0 spiro atoms. The molecule has 6 nitrogen and oxygen atoms in total. The molecule has 0 saturated carbocycles. The van der Waals surface area contributed by atoms with Crippen molar-refractivity contribution in [3.8, 4) is 5.75 Å². The number of likely N-dealkylation sites (N-methyl/N-ethyl adjacent to an activating group) is 1. The Balaban J connectivity index is 1.46. The van der Waals surface area contributed by atoms with Crippen LogP contribution in [0.5, 0.6) is 5.75 Å². The predicted octanol–water partition coefficient (Wildman–Crippen LogP) is 4.50. The molecule has 0 atom stereocenters. The SMILES string of the molecule is CN1CCN(c2nc3ccc(NC(=O)C(C)(C)Oc4ccc(Cl)cc4)cc3s2)CC1. The van der Waals surface area contributed by atoms with Crippen molar-refractivity contribution in [1.82, 2.24) is 9.88 Å². The van der Waals surface area contributed by atoms with Gasteiger partial charge in [0.15, 0.2) is 10.7 Å². The molecule has 1 N–H and O–H groups in total. The van der Waals surface area contributed by atoms with E-state index >= 15 is 0 Å². The first kappa shape index (κ1) is 20.9. The molecule has 0 bridgehead atoms. The Morgan fingerprint density at radius 1 is 1.13 bits per heavy atom. The molecular weight excluding hydrogens is 420 g/mol. The number of amides is 1. The van der Waals surface area contributed by atoms with Crippen molar-refractivity contribution in [3.63, 3.8) is 0 Å². The van der Waals surface area contributed by atoms with E-state index in [1.54, 1.807) is 49.4 Å². The summed E-state index contributed by atoms with van der Waals surface area (Å²) in [4.78, 5) is 22.3. The van der Waals surface area contributed by atoms with E-state index in [0.29, 0.717) is 10.8 Å². The summed E-state index contributed by atoms with van der Waals surface area (Å²) in [5.74, 6) is 0.370. The molecule has 1 aliphatic rings. The van der Waals surface area contributed by atoms with Crippen molar-refractivity contribution in [2.45, 2.75) is 19.4 Å². The lowest BCUT2D eigenvalue weighted by Gasteiger charge is -2.32. The Hall–Kier alpha value is -2.35. The third-order valence-electron chi connectivity index (χ3n) is 5.14. The Morgan fingerprint density at radius 3 is 2.53 bits per heavy atom. The number of anilines is 2. The topological polar surface area (TPSA) is 57.7 Å². The minimum absolute atomic E-state index is 0.222. The van der Waals surface area contributed by atoms with Crippen molar-refractivity contribution >= 4 is 49.9 Å². The van der Waals surface area contributed by atoms with Gasteiger partial charge in [0.05, 0.1) is 10.2 Å². The fourth-order valence-electron chi connectivity index (χ4n) is 3.25. The van der Waals surface area contributed by atoms with Gasteiger partial charge in [0.25, 0.3) is 5.91 Å². The zero-order valence-corrected chi connectivity index (χ0v) is 18.9. The average Bonchev–Trinajstić information content (AvgIpc) is 3.13. The van der Waals surface area contributed by atoms with Crippen LogP contribution in [-0.2, 0) is 4.79 Å². The maximum atomic E-state index is 12.8. The number of thiazole rings is 1. The van der Waals surface area contributed by atoms with E-state index in [2.05, 4.69) is 22.2 Å². The minimum atomic E-state index is -1.04. The second-order valence-electron chi connectivity index (χ2n) is 7.99. The highest BCUT2D eigenvalue weighted by atomic mass is 35.5. The quantitative estimate of drug-likeness (QED) is 0.628. The van der Waals surface area contributed by atoms with Gasteiger partial charge in [0.2, 0.25) is 0 Å². The van der Waals surface area contributed by atoms with Crippen LogP contribution in [0.1, 0.15) is 13.8 Å². The summed E-state index contributed by atoms with van der Waals surface area (Å²) in [5, 5.41) is 4.63. The summed E-state index contributed by atoms with van der Waals surface area (Å²) in [7, 11) is 2.14. The summed E-state index contributed by atoms with van der Waals surface area (Å²) in [6.07, 6.45) is 0. The number of nitrogens with zero attached hydrogens (tertiary/aromatic N) is 3. The van der Waals surface area contributed by atoms with Crippen LogP contribution in [0.3, 0.4) is 0 Å². The molecule has 4 rings (SSSR count). The molecule has 0 radical (unpaired) electrons. The number of ether oxygens (including phenoxy) is 1. The van der Waals surface area contributed by atoms with Gasteiger partial charge in [-0.3, -0.25) is 4.79 Å². The van der Waals surface area contributed by atoms with Gasteiger partial charge in [0.1, 0.15) is 5.75 Å². The molecule has 1 aliphatic heterocycles. The standard InChI is InChI=1S/C22H25ClN4O2S/c1-22(2,29-17-7-4-15(23)5-8-17)20(28)24-16-6-9-18-19(14-16)30-21(25-18)27-12-10-26(3)11-13-27/h4-9,14H,10-13H2,1-3H3,(H,24,28). The Morgan fingerprint density at radius 2 is 1.83 bits per heavy atom. The number of fused-ring (bicyclic) bond motifs is 1. The third kappa shape index (κ3) is 4.69. The lowest BCUT2D eigenvalue weighted by molar-refractivity contribution is -0.128. The molecule has 158 valence electrons. The highest BCUT2D eigenvalue weighted by Gasteiger charge is 2.30. The van der Waals surface area contributed by atoms with Gasteiger partial charge in [-0.1, -0.05) is 22.9 Å². The summed E-state index contributed by atoms with van der Waals surface area (Å²) in [5.41, 5.74) is 0.638. The number of aromatic nitrogens is 1. The zero-order valence-electron chi connectivity index (χ0n) is 17.3. The number of hydrogen-bond acceptors (Lipinski definition) is 6. The largest absolute Gasteiger partial charge is 0.478 e. The minimum Gasteiger partial charge on any atom is -0.478 e. The fourth-order valence-corrected chi connectivity index (χ4v) is 4.43. The molecule has 0 unspecified atom stereocenters. The van der Waals surface area contributed by atoms with Crippen LogP contribution in [0.4, 0.5) is 10.8 Å². The maximum absolute atomic E-state index is 12.8. The molecule has 2 aromatic carbocycles. The maximum Gasteiger partial charge on any atom is 0.267 e. The van der Waals surface area contributed by atoms with Gasteiger partial charge < -0.3 is 19.9 Å². The van der Waals surface area contributed by atoms with E-state index in [9.17, 15) is 4.79 Å². The van der Waals surface area contributed by atoms with Crippen molar-refractivity contribution in [1.29, 1.82) is 0 Å². The van der Waals surface area contributed by atoms with Crippen molar-refractivity contribution in [3.05, 3.63) is 47.5 Å². The van der Waals surface area contributed by atoms with E-state index in [4.69, 9.17) is 21.3 Å². The summed E-state index contributed by atoms with van der Waals surface area (Å²) in [6.45, 7) is 7.54. The van der Waals surface area contributed by atoms with Crippen LogP contribution < -0.4 is 15.0 Å². The van der Waals surface area contributed by atoms with E-state index in [1.807, 2.05) is 18.2 Å². The number of hydrogen-bond donors (Lipinski definition) is 1. The number of carbonyl (C=O) groups excluding carboxylic acids is 1. The number of carbonyl (C=O) groups is 1. The van der Waals surface area contributed by atoms with Gasteiger partial charge in [0, 0.05) is 36.9 Å². The number of rotatable bonds is 5. The molecule has 3 aromatic rings. The monoisotopic (exact) mass is 444 g/mol. The Bertz CT molecular complexity index is 1040. The number of piperazine rings is 1. The molecule has 30 heavy (non-hydrogen) atoms. The summed E-state index contributed by atoms with van der Waals surface area (Å²) in [6, 6.07) is 12.8. The molecule has 1 saturated heterocycles. The lowest BCUT2D eigenvalue weighted by atomic mass is 10.1. The molecule has 8 heteroatoms. The van der Waals surface area contributed by atoms with Crippen molar-refractivity contribution in [2.75, 3.05) is 43.4 Å². The third-order valence-corrected chi connectivity index (χ3v) is 6.47. The van der Waals surface area contributed by atoms with E-state index in [0.717, 1.165) is 47.2 Å². The highest BCUT2D eigenvalue weighted by Crippen LogP contribution is 2.31. The Labute approximate surface area is 185 Å². The lowest BCUT2D eigenvalue weighted by Crippen LogP contribution is -2.44. The first-order valence-corrected chi connectivity index (χ1v) is 11.1. The van der Waals surface area contributed by atoms with Crippen molar-refractivity contribution < 1.29 is 9.53 Å². The molecule has 2 heterocycles. The zero-order chi connectivity index (χ0) is 21.3. The van der Waals surface area contributed by atoms with Gasteiger partial charge >= 0.3 is 0 Å². The first-order valence-electron chi connectivity index (χ1n) is 9.90. The molecule has 1 fully saturated rings. The summed E-state index contributed by atoms with van der Waals surface area (Å²) >= 11 is 7.57. The van der Waals surface area contributed by atoms with E-state index in [-0.39, 0.29) is 5.91 Å². The van der Waals surface area contributed by atoms with Gasteiger partial charge in [-0.05, 0) is 63.4 Å². The number of nitrogens with one attached hydrogen (secondary N) is 1. The van der Waals surface area contributed by atoms with Crippen LogP contribution >= 0.6 is 22.9 Å². The second-order valence-corrected chi connectivity index (χ2v) is 9.44. The van der Waals surface area contributed by atoms with E-state index in [1.165, 1.54) is 0 Å². The number of benzene rings is 2. The van der Waals surface area contributed by atoms with Crippen LogP contribution in [-0.4, -0.2) is 54.6 Å². The predicted molar refractivity (Wildman–Crippen MR) is 124 cm³/mol. The fraction of sp³-hybridized carbons (Fsp3) is 0.364. The molecule has 1 amide bonds. The normalized spacial score (nSPS) is 15.4.